The van der Waals surface area contributed by atoms with Crippen molar-refractivity contribution in [2.24, 2.45) is 5.41 Å². The molecule has 0 aromatic carbocycles. The molecule has 6 heteroatoms. The minimum absolute atomic E-state index is 0.0978. The van der Waals surface area contributed by atoms with E-state index < -0.39 is 5.41 Å². The number of piperazine rings is 1. The highest BCUT2D eigenvalue weighted by molar-refractivity contribution is 6.07. The first-order valence-electron chi connectivity index (χ1n) is 7.37. The predicted molar refractivity (Wildman–Crippen MR) is 73.8 cm³/mol. The van der Waals surface area contributed by atoms with Crippen LogP contribution in [0.5, 0.6) is 0 Å². The highest BCUT2D eigenvalue weighted by Gasteiger charge is 2.49. The quantitative estimate of drug-likeness (QED) is 0.736. The van der Waals surface area contributed by atoms with Crippen LogP contribution >= 0.6 is 0 Å². The van der Waals surface area contributed by atoms with E-state index >= 15 is 0 Å². The molecule has 0 radical (unpaired) electrons. The Labute approximate surface area is 119 Å². The van der Waals surface area contributed by atoms with E-state index in [2.05, 4.69) is 5.32 Å². The molecule has 2 aliphatic heterocycles. The first kappa shape index (κ1) is 15.0. The zero-order valence-electron chi connectivity index (χ0n) is 12.3. The molecule has 6 nitrogen and oxygen atoms in total. The van der Waals surface area contributed by atoms with Crippen LogP contribution in [0.1, 0.15) is 33.1 Å². The summed E-state index contributed by atoms with van der Waals surface area (Å²) in [7, 11) is 0. The molecule has 3 amide bonds. The molecule has 2 rings (SSSR count). The highest BCUT2D eigenvalue weighted by Crippen LogP contribution is 2.38. The summed E-state index contributed by atoms with van der Waals surface area (Å²) in [4.78, 5) is 39.6. The average molecular weight is 281 g/mol. The largest absolute Gasteiger partial charge is 0.339 e. The summed E-state index contributed by atoms with van der Waals surface area (Å²) in [5, 5.41) is 3.17. The van der Waals surface area contributed by atoms with Crippen molar-refractivity contribution >= 4 is 17.7 Å². The Morgan fingerprint density at radius 3 is 2.30 bits per heavy atom. The standard InChI is InChI=1S/C14H23N3O3/c1-3-14(4-2)9-11(18)17(13(14)20)10-12(19)16-7-5-15-6-8-16/h15H,3-10H2,1-2H3. The first-order chi connectivity index (χ1) is 9.54. The molecular formula is C14H23N3O3. The third-order valence-electron chi connectivity index (χ3n) is 4.61. The van der Waals surface area contributed by atoms with Crippen molar-refractivity contribution in [2.75, 3.05) is 32.7 Å². The maximum absolute atomic E-state index is 12.4. The summed E-state index contributed by atoms with van der Waals surface area (Å²) in [5.41, 5.74) is -0.583. The number of amides is 3. The lowest BCUT2D eigenvalue weighted by Crippen LogP contribution is -2.50. The Bertz CT molecular complexity index is 412. The van der Waals surface area contributed by atoms with E-state index in [9.17, 15) is 14.4 Å². The smallest absolute Gasteiger partial charge is 0.242 e. The topological polar surface area (TPSA) is 69.7 Å². The maximum Gasteiger partial charge on any atom is 0.242 e. The SMILES string of the molecule is CCC1(CC)CC(=O)N(CC(=O)N2CCNCC2)C1=O. The van der Waals surface area contributed by atoms with Gasteiger partial charge < -0.3 is 10.2 Å². The van der Waals surface area contributed by atoms with Gasteiger partial charge in [-0.05, 0) is 12.8 Å². The van der Waals surface area contributed by atoms with Crippen molar-refractivity contribution in [3.63, 3.8) is 0 Å². The van der Waals surface area contributed by atoms with Crippen LogP contribution in [0.25, 0.3) is 0 Å². The molecule has 0 aliphatic carbocycles. The number of likely N-dealkylation sites (tertiary alicyclic amines) is 1. The molecule has 0 aromatic heterocycles. The second kappa shape index (κ2) is 5.91. The van der Waals surface area contributed by atoms with Crippen LogP contribution in [-0.4, -0.2) is 60.2 Å². The van der Waals surface area contributed by atoms with Crippen LogP contribution in [0.3, 0.4) is 0 Å². The van der Waals surface area contributed by atoms with Crippen molar-refractivity contribution in [2.45, 2.75) is 33.1 Å². The number of hydrogen-bond donors (Lipinski definition) is 1. The first-order valence-corrected chi connectivity index (χ1v) is 7.37. The Morgan fingerprint density at radius 2 is 1.80 bits per heavy atom. The van der Waals surface area contributed by atoms with E-state index in [-0.39, 0.29) is 30.7 Å². The number of imide groups is 1. The van der Waals surface area contributed by atoms with Crippen LogP contribution in [0.15, 0.2) is 0 Å². The zero-order valence-corrected chi connectivity index (χ0v) is 12.3. The highest BCUT2D eigenvalue weighted by atomic mass is 16.2. The number of rotatable bonds is 4. The molecule has 0 atom stereocenters. The third-order valence-corrected chi connectivity index (χ3v) is 4.61. The van der Waals surface area contributed by atoms with Gasteiger partial charge in [0, 0.05) is 32.6 Å². The lowest BCUT2D eigenvalue weighted by Gasteiger charge is -2.29. The van der Waals surface area contributed by atoms with Gasteiger partial charge in [-0.3, -0.25) is 19.3 Å². The normalized spacial score (nSPS) is 22.5. The van der Waals surface area contributed by atoms with Crippen molar-refractivity contribution in [1.82, 2.24) is 15.1 Å². The van der Waals surface area contributed by atoms with Gasteiger partial charge in [-0.25, -0.2) is 0 Å². The number of carbonyl (C=O) groups is 3. The maximum atomic E-state index is 12.4. The number of nitrogens with zero attached hydrogens (tertiary/aromatic N) is 2. The molecule has 0 unspecified atom stereocenters. The molecular weight excluding hydrogens is 258 g/mol. The molecule has 0 bridgehead atoms. The van der Waals surface area contributed by atoms with E-state index in [4.69, 9.17) is 0 Å². The predicted octanol–water partition coefficient (Wildman–Crippen LogP) is -0.0165. The van der Waals surface area contributed by atoms with Gasteiger partial charge in [-0.1, -0.05) is 13.8 Å². The van der Waals surface area contributed by atoms with Crippen molar-refractivity contribution in [3.8, 4) is 0 Å². The number of nitrogens with one attached hydrogen (secondary N) is 1. The van der Waals surface area contributed by atoms with Crippen LogP contribution in [-0.2, 0) is 14.4 Å². The lowest BCUT2D eigenvalue weighted by molar-refractivity contribution is -0.147. The summed E-state index contributed by atoms with van der Waals surface area (Å²) in [6.45, 7) is 6.57. The molecule has 2 saturated heterocycles. The van der Waals surface area contributed by atoms with Gasteiger partial charge in [0.25, 0.3) is 0 Å². The van der Waals surface area contributed by atoms with E-state index in [1.54, 1.807) is 4.90 Å². The van der Waals surface area contributed by atoms with E-state index in [0.717, 1.165) is 18.0 Å². The van der Waals surface area contributed by atoms with Gasteiger partial charge in [-0.15, -0.1) is 0 Å². The van der Waals surface area contributed by atoms with Crippen LogP contribution < -0.4 is 5.32 Å². The minimum Gasteiger partial charge on any atom is -0.339 e. The van der Waals surface area contributed by atoms with Gasteiger partial charge in [0.05, 0.1) is 5.41 Å². The van der Waals surface area contributed by atoms with E-state index in [0.29, 0.717) is 25.9 Å². The molecule has 112 valence electrons. The third kappa shape index (κ3) is 2.57. The fourth-order valence-corrected chi connectivity index (χ4v) is 2.97. The van der Waals surface area contributed by atoms with Gasteiger partial charge in [-0.2, -0.15) is 0 Å². The van der Waals surface area contributed by atoms with Gasteiger partial charge in [0.2, 0.25) is 17.7 Å². The van der Waals surface area contributed by atoms with Gasteiger partial charge >= 0.3 is 0 Å². The Balaban J connectivity index is 2.03. The minimum atomic E-state index is -0.583. The summed E-state index contributed by atoms with van der Waals surface area (Å²) in [6.07, 6.45) is 1.53. The molecule has 2 heterocycles. The average Bonchev–Trinajstić information content (AvgIpc) is 2.72. The number of hydrogen-bond acceptors (Lipinski definition) is 4. The Morgan fingerprint density at radius 1 is 1.20 bits per heavy atom. The summed E-state index contributed by atoms with van der Waals surface area (Å²) < 4.78 is 0. The Kier molecular flexibility index (Phi) is 4.42. The van der Waals surface area contributed by atoms with Gasteiger partial charge in [0.15, 0.2) is 0 Å². The molecule has 0 spiro atoms. The monoisotopic (exact) mass is 281 g/mol. The van der Waals surface area contributed by atoms with E-state index in [1.165, 1.54) is 0 Å². The lowest BCUT2D eigenvalue weighted by atomic mass is 9.81. The molecule has 20 heavy (non-hydrogen) atoms. The molecule has 1 N–H and O–H groups in total. The zero-order chi connectivity index (χ0) is 14.8. The number of carbonyl (C=O) groups excluding carboxylic acids is 3. The Hall–Kier alpha value is -1.43. The van der Waals surface area contributed by atoms with Crippen molar-refractivity contribution < 1.29 is 14.4 Å². The van der Waals surface area contributed by atoms with Crippen molar-refractivity contribution in [1.29, 1.82) is 0 Å². The second-order valence-corrected chi connectivity index (χ2v) is 5.58. The fourth-order valence-electron chi connectivity index (χ4n) is 2.97. The molecule has 0 saturated carbocycles. The molecule has 0 aromatic rings. The van der Waals surface area contributed by atoms with E-state index in [1.807, 2.05) is 13.8 Å². The summed E-state index contributed by atoms with van der Waals surface area (Å²) in [6, 6.07) is 0. The second-order valence-electron chi connectivity index (χ2n) is 5.58. The van der Waals surface area contributed by atoms with Crippen LogP contribution in [0.2, 0.25) is 0 Å². The summed E-state index contributed by atoms with van der Waals surface area (Å²) in [5.74, 6) is -0.505. The molecule has 2 fully saturated rings. The van der Waals surface area contributed by atoms with Crippen molar-refractivity contribution in [3.05, 3.63) is 0 Å². The summed E-state index contributed by atoms with van der Waals surface area (Å²) >= 11 is 0. The molecule has 2 aliphatic rings. The van der Waals surface area contributed by atoms with Crippen LogP contribution in [0.4, 0.5) is 0 Å². The fraction of sp³-hybridized carbons (Fsp3) is 0.786. The van der Waals surface area contributed by atoms with Crippen LogP contribution in [0, 0.1) is 5.41 Å². The van der Waals surface area contributed by atoms with Gasteiger partial charge in [0.1, 0.15) is 6.54 Å².